The topological polar surface area (TPSA) is 141 Å². The molecular formula is C35H46F2N4O6. The van der Waals surface area contributed by atoms with E-state index in [1.165, 1.54) is 18.2 Å². The Morgan fingerprint density at radius 3 is 2.43 bits per heavy atom. The van der Waals surface area contributed by atoms with Gasteiger partial charge in [0.1, 0.15) is 30.1 Å². The standard InChI is InChI=1S/C21H20FN3O3.C14H26FNO3/c1-25-9-8-16(12-2-4-14(22)5-3-12)19(25)20(26)23-15-6-7-17-13(10-15)11-18(24-17)21(27)28;1-5-11(10-17)7-6-8-12(9-15)16-13(18)19-14(2,3)4/h2-7,10-11,16,19,24H,8-9H2,1H3,(H,23,26)(H,27,28);10-12H,5-9H2,1-4H3,(H,16,18). The fourth-order valence-electron chi connectivity index (χ4n) is 5.59. The number of ether oxygens (including phenoxy) is 1. The number of halogens is 2. The molecule has 47 heavy (non-hydrogen) atoms. The number of aromatic carboxylic acids is 1. The summed E-state index contributed by atoms with van der Waals surface area (Å²) in [5, 5.41) is 15.3. The van der Waals surface area contributed by atoms with Gasteiger partial charge in [-0.1, -0.05) is 25.5 Å². The van der Waals surface area contributed by atoms with Crippen molar-refractivity contribution in [1.82, 2.24) is 15.2 Å². The summed E-state index contributed by atoms with van der Waals surface area (Å²) >= 11 is 0. The lowest BCUT2D eigenvalue weighted by molar-refractivity contribution is -0.120. The summed E-state index contributed by atoms with van der Waals surface area (Å²) in [7, 11) is 1.91. The SMILES string of the molecule is CCC(C=O)CCCC(CF)NC(=O)OC(C)(C)C.CN1CCC(c2ccc(F)cc2)C1C(=O)Nc1ccc2[nH]c(C(=O)O)cc2c1. The van der Waals surface area contributed by atoms with Crippen LogP contribution in [0.5, 0.6) is 0 Å². The second-order valence-corrected chi connectivity index (χ2v) is 12.9. The molecule has 3 aromatic rings. The van der Waals surface area contributed by atoms with Crippen LogP contribution in [0.2, 0.25) is 0 Å². The molecule has 0 spiro atoms. The lowest BCUT2D eigenvalue weighted by atomic mass is 9.91. The molecular weight excluding hydrogens is 610 g/mol. The van der Waals surface area contributed by atoms with Gasteiger partial charge in [-0.15, -0.1) is 0 Å². The summed E-state index contributed by atoms with van der Waals surface area (Å²) < 4.78 is 31.1. The van der Waals surface area contributed by atoms with Gasteiger partial charge in [-0.05, 0) is 102 Å². The van der Waals surface area contributed by atoms with Crippen LogP contribution in [0.4, 0.5) is 19.3 Å². The van der Waals surface area contributed by atoms with Gasteiger partial charge in [0.15, 0.2) is 0 Å². The van der Waals surface area contributed by atoms with E-state index in [9.17, 15) is 28.0 Å². The van der Waals surface area contributed by atoms with E-state index in [1.54, 1.807) is 51.1 Å². The van der Waals surface area contributed by atoms with Crippen LogP contribution < -0.4 is 10.6 Å². The molecule has 4 atom stereocenters. The van der Waals surface area contributed by atoms with E-state index in [0.717, 1.165) is 37.7 Å². The Bertz CT molecular complexity index is 1500. The Morgan fingerprint density at radius 1 is 1.13 bits per heavy atom. The van der Waals surface area contributed by atoms with Crippen molar-refractivity contribution >= 4 is 40.8 Å². The first kappa shape index (κ1) is 37.1. The van der Waals surface area contributed by atoms with Crippen molar-refractivity contribution in [2.75, 3.05) is 25.6 Å². The number of nitrogens with zero attached hydrogens (tertiary/aromatic N) is 1. The maximum Gasteiger partial charge on any atom is 0.407 e. The second kappa shape index (κ2) is 17.0. The minimum atomic E-state index is -1.03. The first-order valence-corrected chi connectivity index (χ1v) is 15.9. The number of carbonyl (C=O) groups excluding carboxylic acids is 3. The normalized spacial score (nSPS) is 17.7. The number of aldehydes is 1. The van der Waals surface area contributed by atoms with Gasteiger partial charge in [0.05, 0.1) is 12.1 Å². The van der Waals surface area contributed by atoms with Gasteiger partial charge in [-0.3, -0.25) is 9.69 Å². The van der Waals surface area contributed by atoms with Gasteiger partial charge >= 0.3 is 12.1 Å². The molecule has 2 aromatic carbocycles. The number of aromatic amines is 1. The van der Waals surface area contributed by atoms with E-state index in [0.29, 0.717) is 29.4 Å². The Morgan fingerprint density at radius 2 is 1.83 bits per heavy atom. The minimum Gasteiger partial charge on any atom is -0.477 e. The summed E-state index contributed by atoms with van der Waals surface area (Å²) in [6, 6.07) is 12.2. The van der Waals surface area contributed by atoms with Crippen molar-refractivity contribution in [3.63, 3.8) is 0 Å². The van der Waals surface area contributed by atoms with Crippen molar-refractivity contribution in [2.24, 2.45) is 5.92 Å². The van der Waals surface area contributed by atoms with Crippen LogP contribution in [-0.4, -0.2) is 77.2 Å². The number of likely N-dealkylation sites (tertiary alicyclic amines) is 1. The summed E-state index contributed by atoms with van der Waals surface area (Å²) in [4.78, 5) is 51.1. The number of anilines is 1. The number of nitrogens with one attached hydrogen (secondary N) is 3. The third-order valence-electron chi connectivity index (χ3n) is 8.09. The molecule has 1 aliphatic heterocycles. The Balaban J connectivity index is 0.000000279. The second-order valence-electron chi connectivity index (χ2n) is 12.9. The third kappa shape index (κ3) is 11.2. The highest BCUT2D eigenvalue weighted by Gasteiger charge is 2.38. The lowest BCUT2D eigenvalue weighted by Gasteiger charge is -2.24. The van der Waals surface area contributed by atoms with Crippen molar-refractivity contribution in [3.05, 3.63) is 65.6 Å². The Hall–Kier alpha value is -4.32. The largest absolute Gasteiger partial charge is 0.477 e. The number of amides is 2. The molecule has 12 heteroatoms. The Kier molecular flexibility index (Phi) is 13.4. The van der Waals surface area contributed by atoms with Crippen molar-refractivity contribution in [1.29, 1.82) is 0 Å². The maximum absolute atomic E-state index is 13.2. The molecule has 0 radical (unpaired) electrons. The predicted molar refractivity (Wildman–Crippen MR) is 177 cm³/mol. The van der Waals surface area contributed by atoms with E-state index in [1.807, 2.05) is 18.9 Å². The number of hydrogen-bond donors (Lipinski definition) is 4. The molecule has 1 aromatic heterocycles. The molecule has 10 nitrogen and oxygen atoms in total. The number of likely N-dealkylation sites (N-methyl/N-ethyl adjacent to an activating group) is 1. The van der Waals surface area contributed by atoms with Crippen molar-refractivity contribution < 1.29 is 37.8 Å². The van der Waals surface area contributed by atoms with Crippen molar-refractivity contribution in [2.45, 2.75) is 83.4 Å². The molecule has 0 bridgehead atoms. The van der Waals surface area contributed by atoms with Gasteiger partial charge in [-0.25, -0.2) is 18.4 Å². The van der Waals surface area contributed by atoms with E-state index >= 15 is 0 Å². The average Bonchev–Trinajstić information content (AvgIpc) is 3.62. The first-order chi connectivity index (χ1) is 22.2. The number of benzene rings is 2. The van der Waals surface area contributed by atoms with Gasteiger partial charge in [-0.2, -0.15) is 0 Å². The molecule has 4 N–H and O–H groups in total. The Labute approximate surface area is 274 Å². The van der Waals surface area contributed by atoms with E-state index in [2.05, 4.69) is 15.6 Å². The van der Waals surface area contributed by atoms with Gasteiger partial charge < -0.3 is 30.3 Å². The number of alkyl carbamates (subject to hydrolysis) is 1. The van der Waals surface area contributed by atoms with Crippen LogP contribution in [0, 0.1) is 11.7 Å². The third-order valence-corrected chi connectivity index (χ3v) is 8.09. The number of aromatic nitrogens is 1. The number of carboxylic acid groups (broad SMARTS) is 1. The van der Waals surface area contributed by atoms with Crippen LogP contribution in [0.15, 0.2) is 48.5 Å². The highest BCUT2D eigenvalue weighted by molar-refractivity contribution is 5.99. The molecule has 4 unspecified atom stereocenters. The monoisotopic (exact) mass is 656 g/mol. The zero-order valence-corrected chi connectivity index (χ0v) is 27.6. The fraction of sp³-hybridized carbons (Fsp3) is 0.486. The number of alkyl halides is 1. The minimum absolute atomic E-state index is 0.0137. The number of H-pyrrole nitrogens is 1. The number of rotatable bonds is 12. The molecule has 4 rings (SSSR count). The molecule has 1 saturated heterocycles. The predicted octanol–water partition coefficient (Wildman–Crippen LogP) is 6.68. The number of hydrogen-bond acceptors (Lipinski definition) is 6. The van der Waals surface area contributed by atoms with Crippen LogP contribution in [0.3, 0.4) is 0 Å². The summed E-state index contributed by atoms with van der Waals surface area (Å²) in [6.07, 6.45) is 3.90. The van der Waals surface area contributed by atoms with Crippen LogP contribution in [-0.2, 0) is 14.3 Å². The summed E-state index contributed by atoms with van der Waals surface area (Å²) in [5.41, 5.74) is 1.75. The smallest absolute Gasteiger partial charge is 0.407 e. The quantitative estimate of drug-likeness (QED) is 0.160. The fourth-order valence-corrected chi connectivity index (χ4v) is 5.59. The van der Waals surface area contributed by atoms with E-state index < -0.39 is 30.4 Å². The van der Waals surface area contributed by atoms with Crippen molar-refractivity contribution in [3.8, 4) is 0 Å². The van der Waals surface area contributed by atoms with Crippen LogP contribution in [0.1, 0.15) is 81.8 Å². The molecule has 1 fully saturated rings. The maximum atomic E-state index is 13.2. The number of carboxylic acids is 1. The van der Waals surface area contributed by atoms with E-state index in [-0.39, 0.29) is 35.3 Å². The molecule has 1 aliphatic rings. The van der Waals surface area contributed by atoms with Gasteiger partial charge in [0.2, 0.25) is 5.91 Å². The average molecular weight is 657 g/mol. The van der Waals surface area contributed by atoms with Crippen LogP contribution in [0.25, 0.3) is 10.9 Å². The number of carbonyl (C=O) groups is 4. The van der Waals surface area contributed by atoms with Gasteiger partial charge in [0, 0.05) is 28.4 Å². The summed E-state index contributed by atoms with van der Waals surface area (Å²) in [6.45, 7) is 7.37. The van der Waals surface area contributed by atoms with E-state index in [4.69, 9.17) is 9.84 Å². The number of fused-ring (bicyclic) bond motifs is 1. The zero-order chi connectivity index (χ0) is 34.7. The molecule has 256 valence electrons. The lowest BCUT2D eigenvalue weighted by Crippen LogP contribution is -2.40. The summed E-state index contributed by atoms with van der Waals surface area (Å²) in [5.74, 6) is -1.45. The molecule has 2 amide bonds. The molecule has 0 saturated carbocycles. The van der Waals surface area contributed by atoms with Gasteiger partial charge in [0.25, 0.3) is 0 Å². The van der Waals surface area contributed by atoms with Crippen LogP contribution >= 0.6 is 0 Å². The molecule has 2 heterocycles. The highest BCUT2D eigenvalue weighted by Crippen LogP contribution is 2.33. The highest BCUT2D eigenvalue weighted by atomic mass is 19.1. The molecule has 0 aliphatic carbocycles. The zero-order valence-electron chi connectivity index (χ0n) is 27.6. The first-order valence-electron chi connectivity index (χ1n) is 15.9.